The lowest BCUT2D eigenvalue weighted by molar-refractivity contribution is 0.601. The number of rotatable bonds is 5. The maximum atomic E-state index is 12.9. The van der Waals surface area contributed by atoms with Crippen LogP contribution in [0.4, 0.5) is 17.3 Å². The summed E-state index contributed by atoms with van der Waals surface area (Å²) >= 11 is 6.06. The molecule has 0 saturated heterocycles. The number of nitrogens with zero attached hydrogens (tertiary/aromatic N) is 2. The highest BCUT2D eigenvalue weighted by Crippen LogP contribution is 2.28. The van der Waals surface area contributed by atoms with Gasteiger partial charge in [-0.1, -0.05) is 47.5 Å². The highest BCUT2D eigenvalue weighted by molar-refractivity contribution is 7.92. The van der Waals surface area contributed by atoms with Crippen molar-refractivity contribution in [1.82, 2.24) is 9.97 Å². The monoisotopic (exact) mass is 424 g/mol. The van der Waals surface area contributed by atoms with Gasteiger partial charge in [0.1, 0.15) is 0 Å². The standard InChI is InChI=1S/C21H17ClN4O2S/c1-14-9-11-17(12-10-14)29(27,28)26-21-20(23-16-6-4-5-15(22)13-16)24-18-7-2-3-8-19(18)25-21/h2-13H,1H3,(H,23,24)(H,25,26). The van der Waals surface area contributed by atoms with Gasteiger partial charge in [0.25, 0.3) is 10.0 Å². The molecule has 0 radical (unpaired) electrons. The molecule has 0 unspecified atom stereocenters. The van der Waals surface area contributed by atoms with Gasteiger partial charge in [-0.2, -0.15) is 0 Å². The van der Waals surface area contributed by atoms with E-state index >= 15 is 0 Å². The smallest absolute Gasteiger partial charge is 0.263 e. The molecule has 0 fully saturated rings. The van der Waals surface area contributed by atoms with E-state index in [2.05, 4.69) is 20.0 Å². The Morgan fingerprint density at radius 3 is 2.14 bits per heavy atom. The summed E-state index contributed by atoms with van der Waals surface area (Å²) in [5.41, 5.74) is 2.84. The molecule has 29 heavy (non-hydrogen) atoms. The van der Waals surface area contributed by atoms with Crippen LogP contribution in [-0.2, 0) is 10.0 Å². The Kier molecular flexibility index (Phi) is 5.08. The molecular formula is C21H17ClN4O2S. The van der Waals surface area contributed by atoms with E-state index in [0.717, 1.165) is 5.56 Å². The van der Waals surface area contributed by atoms with Crippen LogP contribution in [0, 0.1) is 6.92 Å². The van der Waals surface area contributed by atoms with Gasteiger partial charge in [0.15, 0.2) is 11.6 Å². The lowest BCUT2D eigenvalue weighted by Gasteiger charge is -2.14. The Morgan fingerprint density at radius 1 is 0.828 bits per heavy atom. The van der Waals surface area contributed by atoms with Crippen molar-refractivity contribution in [2.45, 2.75) is 11.8 Å². The first-order valence-corrected chi connectivity index (χ1v) is 10.7. The predicted octanol–water partition coefficient (Wildman–Crippen LogP) is 5.14. The molecule has 1 aromatic heterocycles. The van der Waals surface area contributed by atoms with Crippen LogP contribution >= 0.6 is 11.6 Å². The summed E-state index contributed by atoms with van der Waals surface area (Å²) in [6.45, 7) is 1.89. The predicted molar refractivity (Wildman–Crippen MR) is 116 cm³/mol. The van der Waals surface area contributed by atoms with E-state index in [4.69, 9.17) is 11.6 Å². The van der Waals surface area contributed by atoms with Crippen molar-refractivity contribution in [3.63, 3.8) is 0 Å². The SMILES string of the molecule is Cc1ccc(S(=O)(=O)Nc2nc3ccccc3nc2Nc2cccc(Cl)c2)cc1. The molecule has 4 aromatic rings. The Morgan fingerprint density at radius 2 is 1.48 bits per heavy atom. The Hall–Kier alpha value is -3.16. The third kappa shape index (κ3) is 4.31. The average molecular weight is 425 g/mol. The molecular weight excluding hydrogens is 408 g/mol. The quantitative estimate of drug-likeness (QED) is 0.463. The fourth-order valence-corrected chi connectivity index (χ4v) is 3.96. The molecule has 0 spiro atoms. The molecule has 4 rings (SSSR count). The Bertz CT molecular complexity index is 1290. The van der Waals surface area contributed by atoms with Crippen LogP contribution in [0.1, 0.15) is 5.56 Å². The Balaban J connectivity index is 1.78. The topological polar surface area (TPSA) is 84.0 Å². The molecule has 0 aliphatic carbocycles. The van der Waals surface area contributed by atoms with Gasteiger partial charge in [-0.05, 0) is 49.4 Å². The highest BCUT2D eigenvalue weighted by Gasteiger charge is 2.19. The highest BCUT2D eigenvalue weighted by atomic mass is 35.5. The van der Waals surface area contributed by atoms with Crippen molar-refractivity contribution < 1.29 is 8.42 Å². The maximum absolute atomic E-state index is 12.9. The minimum absolute atomic E-state index is 0.101. The van der Waals surface area contributed by atoms with E-state index in [1.54, 1.807) is 54.6 Å². The molecule has 8 heteroatoms. The third-order valence-corrected chi connectivity index (χ3v) is 5.81. The van der Waals surface area contributed by atoms with Crippen LogP contribution in [0.15, 0.2) is 77.7 Å². The van der Waals surface area contributed by atoms with Gasteiger partial charge in [0.05, 0.1) is 15.9 Å². The van der Waals surface area contributed by atoms with Crippen LogP contribution in [0.5, 0.6) is 0 Å². The van der Waals surface area contributed by atoms with Crippen molar-refractivity contribution in [1.29, 1.82) is 0 Å². The van der Waals surface area contributed by atoms with Crippen molar-refractivity contribution >= 4 is 50.0 Å². The van der Waals surface area contributed by atoms with Gasteiger partial charge in [0, 0.05) is 10.7 Å². The number of aryl methyl sites for hydroxylation is 1. The first-order chi connectivity index (χ1) is 13.9. The summed E-state index contributed by atoms with van der Waals surface area (Å²) in [5.74, 6) is 0.380. The summed E-state index contributed by atoms with van der Waals surface area (Å²) < 4.78 is 28.3. The van der Waals surface area contributed by atoms with Gasteiger partial charge < -0.3 is 5.32 Å². The van der Waals surface area contributed by atoms with Crippen LogP contribution in [0.2, 0.25) is 5.02 Å². The number of nitrogens with one attached hydrogen (secondary N) is 2. The van der Waals surface area contributed by atoms with Crippen molar-refractivity contribution in [3.05, 3.63) is 83.4 Å². The summed E-state index contributed by atoms with van der Waals surface area (Å²) in [6, 6.07) is 20.9. The summed E-state index contributed by atoms with van der Waals surface area (Å²) in [6.07, 6.45) is 0. The maximum Gasteiger partial charge on any atom is 0.263 e. The fraction of sp³-hybridized carbons (Fsp3) is 0.0476. The number of fused-ring (bicyclic) bond motifs is 1. The molecule has 0 atom stereocenters. The lowest BCUT2D eigenvalue weighted by Crippen LogP contribution is -2.16. The zero-order chi connectivity index (χ0) is 20.4. The average Bonchev–Trinajstić information content (AvgIpc) is 2.68. The largest absolute Gasteiger partial charge is 0.337 e. The number of anilines is 3. The van der Waals surface area contributed by atoms with E-state index in [1.807, 2.05) is 25.1 Å². The number of sulfonamides is 1. The van der Waals surface area contributed by atoms with Crippen LogP contribution in [0.25, 0.3) is 11.0 Å². The first-order valence-electron chi connectivity index (χ1n) is 8.80. The van der Waals surface area contributed by atoms with Crippen molar-refractivity contribution in [3.8, 4) is 0 Å². The number of para-hydroxylation sites is 2. The molecule has 146 valence electrons. The molecule has 0 aliphatic rings. The fourth-order valence-electron chi connectivity index (χ4n) is 2.76. The van der Waals surface area contributed by atoms with Crippen LogP contribution < -0.4 is 10.0 Å². The second-order valence-corrected chi connectivity index (χ2v) is 8.58. The second-order valence-electron chi connectivity index (χ2n) is 6.46. The van der Waals surface area contributed by atoms with Crippen molar-refractivity contribution in [2.75, 3.05) is 10.0 Å². The second kappa shape index (κ2) is 7.69. The van der Waals surface area contributed by atoms with Gasteiger partial charge in [-0.15, -0.1) is 0 Å². The van der Waals surface area contributed by atoms with Gasteiger partial charge in [0.2, 0.25) is 0 Å². The van der Waals surface area contributed by atoms with Crippen molar-refractivity contribution in [2.24, 2.45) is 0 Å². The first kappa shape index (κ1) is 19.2. The summed E-state index contributed by atoms with van der Waals surface area (Å²) in [4.78, 5) is 9.17. The van der Waals surface area contributed by atoms with E-state index < -0.39 is 10.0 Å². The van der Waals surface area contributed by atoms with Crippen LogP contribution in [0.3, 0.4) is 0 Å². The molecule has 0 aliphatic heterocycles. The zero-order valence-corrected chi connectivity index (χ0v) is 17.0. The molecule has 1 heterocycles. The molecule has 0 amide bonds. The van der Waals surface area contributed by atoms with Crippen LogP contribution in [-0.4, -0.2) is 18.4 Å². The minimum Gasteiger partial charge on any atom is -0.337 e. The van der Waals surface area contributed by atoms with Gasteiger partial charge in [-0.25, -0.2) is 18.4 Å². The van der Waals surface area contributed by atoms with E-state index in [-0.39, 0.29) is 16.5 Å². The minimum atomic E-state index is -3.84. The molecule has 6 nitrogen and oxygen atoms in total. The number of hydrogen-bond donors (Lipinski definition) is 2. The van der Waals surface area contributed by atoms with E-state index in [0.29, 0.717) is 21.7 Å². The third-order valence-electron chi connectivity index (χ3n) is 4.22. The van der Waals surface area contributed by atoms with E-state index in [9.17, 15) is 8.42 Å². The Labute approximate surface area is 173 Å². The van der Waals surface area contributed by atoms with E-state index in [1.165, 1.54) is 0 Å². The lowest BCUT2D eigenvalue weighted by atomic mass is 10.2. The summed E-state index contributed by atoms with van der Waals surface area (Å²) in [7, 11) is -3.84. The normalized spacial score (nSPS) is 11.4. The molecule has 2 N–H and O–H groups in total. The molecule has 0 saturated carbocycles. The number of benzene rings is 3. The number of aromatic nitrogens is 2. The van der Waals surface area contributed by atoms with Gasteiger partial charge >= 0.3 is 0 Å². The number of halogens is 1. The summed E-state index contributed by atoms with van der Waals surface area (Å²) in [5, 5.41) is 3.65. The van der Waals surface area contributed by atoms with Gasteiger partial charge in [-0.3, -0.25) is 4.72 Å². The molecule has 0 bridgehead atoms. The number of hydrogen-bond acceptors (Lipinski definition) is 5. The zero-order valence-electron chi connectivity index (χ0n) is 15.4. The molecule has 3 aromatic carbocycles.